The van der Waals surface area contributed by atoms with E-state index in [9.17, 15) is 26.7 Å². The zero-order chi connectivity index (χ0) is 15.5. The minimum atomic E-state index is -5.10. The van der Waals surface area contributed by atoms with Gasteiger partial charge in [-0.25, -0.2) is 8.78 Å². The van der Waals surface area contributed by atoms with Crippen molar-refractivity contribution in [2.75, 3.05) is 0 Å². The van der Waals surface area contributed by atoms with E-state index in [1.165, 1.54) is 0 Å². The summed E-state index contributed by atoms with van der Waals surface area (Å²) in [5.74, 6) is -3.14. The number of carboxylic acids is 1. The van der Waals surface area contributed by atoms with Crippen molar-refractivity contribution in [2.45, 2.75) is 25.1 Å². The maximum atomic E-state index is 12.9. The van der Waals surface area contributed by atoms with Crippen LogP contribution in [-0.2, 0) is 17.1 Å². The van der Waals surface area contributed by atoms with Crippen molar-refractivity contribution in [1.82, 2.24) is 4.98 Å². The zero-order valence-corrected chi connectivity index (χ0v) is 10.3. The van der Waals surface area contributed by atoms with Crippen LogP contribution in [0.5, 0.6) is 5.75 Å². The predicted molar refractivity (Wildman–Crippen MR) is 56.8 cm³/mol. The Hall–Kier alpha value is -1.64. The molecule has 0 aliphatic heterocycles. The van der Waals surface area contributed by atoms with Crippen molar-refractivity contribution in [3.8, 4) is 5.75 Å². The fourth-order valence-corrected chi connectivity index (χ4v) is 1.76. The number of aromatic nitrogens is 1. The van der Waals surface area contributed by atoms with Gasteiger partial charge in [-0.15, -0.1) is 24.8 Å². The fraction of sp³-hybridized carbons (Fsp3) is 0.400. The minimum Gasteiger partial charge on any atom is -0.481 e. The van der Waals surface area contributed by atoms with Crippen LogP contribution in [0.3, 0.4) is 0 Å². The number of alkyl halides is 6. The molecule has 0 unspecified atom stereocenters. The van der Waals surface area contributed by atoms with Gasteiger partial charge in [-0.2, -0.15) is 0 Å². The molecule has 0 atom stereocenters. The van der Waals surface area contributed by atoms with E-state index in [1.54, 1.807) is 0 Å². The van der Waals surface area contributed by atoms with Gasteiger partial charge in [-0.1, -0.05) is 0 Å². The van der Waals surface area contributed by atoms with Gasteiger partial charge >= 0.3 is 12.3 Å². The number of pyridine rings is 1. The summed E-state index contributed by atoms with van der Waals surface area (Å²) in [5.41, 5.74) is -2.15. The van der Waals surface area contributed by atoms with Gasteiger partial charge < -0.3 is 9.84 Å². The number of hydrogen-bond donors (Lipinski definition) is 1. The highest BCUT2D eigenvalue weighted by atomic mass is 35.5. The Morgan fingerprint density at radius 1 is 1.45 bits per heavy atom. The van der Waals surface area contributed by atoms with Crippen molar-refractivity contribution in [1.29, 1.82) is 0 Å². The van der Waals surface area contributed by atoms with Crippen LogP contribution in [0.2, 0.25) is 0 Å². The maximum absolute atomic E-state index is 12.9. The molecule has 0 aliphatic carbocycles. The van der Waals surface area contributed by atoms with E-state index in [0.29, 0.717) is 6.20 Å². The second-order valence-corrected chi connectivity index (χ2v) is 3.78. The maximum Gasteiger partial charge on any atom is 0.573 e. The monoisotopic (exact) mass is 319 g/mol. The summed E-state index contributed by atoms with van der Waals surface area (Å²) in [5, 5.41) is 8.56. The van der Waals surface area contributed by atoms with Gasteiger partial charge in [0.05, 0.1) is 24.2 Å². The number of nitrogens with zero attached hydrogens (tertiary/aromatic N) is 1. The molecular weight excluding hydrogens is 313 g/mol. The van der Waals surface area contributed by atoms with E-state index < -0.39 is 53.6 Å². The predicted octanol–water partition coefficient (Wildman–Crippen LogP) is 3.28. The third-order valence-electron chi connectivity index (χ3n) is 2.17. The van der Waals surface area contributed by atoms with Gasteiger partial charge in [0, 0.05) is 11.1 Å². The molecule has 4 nitrogen and oxygen atoms in total. The first kappa shape index (κ1) is 16.4. The third kappa shape index (κ3) is 4.19. The SMILES string of the molecule is O=C(O)Cc1ncc(OC(F)(F)F)c(CCl)c1C(F)F. The number of rotatable bonds is 5. The summed E-state index contributed by atoms with van der Waals surface area (Å²) < 4.78 is 65.7. The molecule has 0 saturated heterocycles. The van der Waals surface area contributed by atoms with Crippen molar-refractivity contribution in [3.05, 3.63) is 23.0 Å². The van der Waals surface area contributed by atoms with Gasteiger partial charge in [0.25, 0.3) is 6.43 Å². The van der Waals surface area contributed by atoms with Crippen molar-refractivity contribution in [3.63, 3.8) is 0 Å². The largest absolute Gasteiger partial charge is 0.573 e. The molecule has 0 fully saturated rings. The molecule has 20 heavy (non-hydrogen) atoms. The van der Waals surface area contributed by atoms with Crippen LogP contribution in [0.1, 0.15) is 23.2 Å². The lowest BCUT2D eigenvalue weighted by atomic mass is 10.1. The lowest BCUT2D eigenvalue weighted by Crippen LogP contribution is -2.19. The summed E-state index contributed by atoms with van der Waals surface area (Å²) in [6.45, 7) is 0. The highest BCUT2D eigenvalue weighted by molar-refractivity contribution is 6.17. The summed E-state index contributed by atoms with van der Waals surface area (Å²) in [4.78, 5) is 13.8. The number of carbonyl (C=O) groups is 1. The Kier molecular flexibility index (Phi) is 5.09. The average Bonchev–Trinajstić information content (AvgIpc) is 2.27. The number of ether oxygens (including phenoxy) is 1. The zero-order valence-electron chi connectivity index (χ0n) is 9.55. The molecular formula is C10H7ClF5NO3. The molecule has 0 bridgehead atoms. The Balaban J connectivity index is 3.37. The van der Waals surface area contributed by atoms with Crippen molar-refractivity contribution >= 4 is 17.6 Å². The lowest BCUT2D eigenvalue weighted by Gasteiger charge is -2.16. The topological polar surface area (TPSA) is 59.4 Å². The van der Waals surface area contributed by atoms with Gasteiger partial charge in [-0.05, 0) is 0 Å². The number of aliphatic carboxylic acids is 1. The number of halogens is 6. The van der Waals surface area contributed by atoms with Gasteiger partial charge in [0.1, 0.15) is 0 Å². The molecule has 1 N–H and O–H groups in total. The first-order valence-corrected chi connectivity index (χ1v) is 5.51. The summed E-state index contributed by atoms with van der Waals surface area (Å²) >= 11 is 5.36. The van der Waals surface area contributed by atoms with E-state index in [-0.39, 0.29) is 0 Å². The summed E-state index contributed by atoms with van der Waals surface area (Å²) in [6.07, 6.45) is -8.68. The Morgan fingerprint density at radius 3 is 2.45 bits per heavy atom. The van der Waals surface area contributed by atoms with Crippen molar-refractivity contribution in [2.24, 2.45) is 0 Å². The first-order valence-electron chi connectivity index (χ1n) is 4.98. The van der Waals surface area contributed by atoms with Crippen LogP contribution in [0.4, 0.5) is 22.0 Å². The second-order valence-electron chi connectivity index (χ2n) is 3.51. The smallest absolute Gasteiger partial charge is 0.481 e. The lowest BCUT2D eigenvalue weighted by molar-refractivity contribution is -0.275. The molecule has 10 heteroatoms. The molecule has 0 radical (unpaired) electrons. The van der Waals surface area contributed by atoms with Crippen LogP contribution in [0, 0.1) is 0 Å². The molecule has 1 aromatic heterocycles. The van der Waals surface area contributed by atoms with E-state index in [2.05, 4.69) is 9.72 Å². The minimum absolute atomic E-state index is 0.523. The summed E-state index contributed by atoms with van der Waals surface area (Å²) in [6, 6.07) is 0. The Labute approximate surface area is 114 Å². The molecule has 0 aliphatic rings. The van der Waals surface area contributed by atoms with Gasteiger partial charge in [-0.3, -0.25) is 9.78 Å². The van der Waals surface area contributed by atoms with E-state index >= 15 is 0 Å². The first-order chi connectivity index (χ1) is 9.15. The summed E-state index contributed by atoms with van der Waals surface area (Å²) in [7, 11) is 0. The van der Waals surface area contributed by atoms with Crippen LogP contribution in [0.15, 0.2) is 6.20 Å². The molecule has 1 aromatic rings. The highest BCUT2D eigenvalue weighted by Crippen LogP contribution is 2.35. The van der Waals surface area contributed by atoms with Crippen LogP contribution in [0.25, 0.3) is 0 Å². The molecule has 1 rings (SSSR count). The fourth-order valence-electron chi connectivity index (χ4n) is 1.48. The molecule has 0 spiro atoms. The molecule has 112 valence electrons. The Bertz CT molecular complexity index is 506. The van der Waals surface area contributed by atoms with E-state index in [1.807, 2.05) is 0 Å². The second kappa shape index (κ2) is 6.21. The molecule has 0 saturated carbocycles. The Morgan fingerprint density at radius 2 is 2.05 bits per heavy atom. The molecule has 1 heterocycles. The average molecular weight is 320 g/mol. The van der Waals surface area contributed by atoms with Gasteiger partial charge in [0.15, 0.2) is 5.75 Å². The van der Waals surface area contributed by atoms with Crippen LogP contribution in [-0.4, -0.2) is 22.4 Å². The van der Waals surface area contributed by atoms with Crippen LogP contribution >= 0.6 is 11.6 Å². The third-order valence-corrected chi connectivity index (χ3v) is 2.43. The van der Waals surface area contributed by atoms with Crippen molar-refractivity contribution < 1.29 is 36.6 Å². The molecule has 0 aromatic carbocycles. The van der Waals surface area contributed by atoms with E-state index in [4.69, 9.17) is 16.7 Å². The number of hydrogen-bond acceptors (Lipinski definition) is 3. The van der Waals surface area contributed by atoms with Crippen LogP contribution < -0.4 is 4.74 Å². The van der Waals surface area contributed by atoms with E-state index in [0.717, 1.165) is 0 Å². The quantitative estimate of drug-likeness (QED) is 0.668. The number of carboxylic acid groups (broad SMARTS) is 1. The van der Waals surface area contributed by atoms with Gasteiger partial charge in [0.2, 0.25) is 0 Å². The normalized spacial score (nSPS) is 11.8. The standard InChI is InChI=1S/C10H7ClF5NO3/c11-2-4-6(20-10(14,15)16)3-17-5(1-7(18)19)8(4)9(12)13/h3,9H,1-2H2,(H,18,19). The molecule has 0 amide bonds. The highest BCUT2D eigenvalue weighted by Gasteiger charge is 2.34.